The molecule has 1 aromatic rings. The molecule has 2 rings (SSSR count). The second-order valence-electron chi connectivity index (χ2n) is 7.27. The summed E-state index contributed by atoms with van der Waals surface area (Å²) >= 11 is 0. The van der Waals surface area contributed by atoms with Gasteiger partial charge in [0.15, 0.2) is 0 Å². The molecule has 152 valence electrons. The summed E-state index contributed by atoms with van der Waals surface area (Å²) in [6, 6.07) is 3.79. The maximum atomic E-state index is 13.2. The molecule has 27 heavy (non-hydrogen) atoms. The summed E-state index contributed by atoms with van der Waals surface area (Å²) in [4.78, 5) is 12.8. The van der Waals surface area contributed by atoms with Crippen molar-refractivity contribution >= 4 is 15.9 Å². The smallest absolute Gasteiger partial charge is 0.243 e. The Morgan fingerprint density at radius 1 is 1.26 bits per heavy atom. The van der Waals surface area contributed by atoms with Crippen molar-refractivity contribution in [2.45, 2.75) is 51.9 Å². The van der Waals surface area contributed by atoms with Crippen molar-refractivity contribution in [2.75, 3.05) is 32.8 Å². The lowest BCUT2D eigenvalue weighted by atomic mass is 9.99. The summed E-state index contributed by atoms with van der Waals surface area (Å²) in [6.45, 7) is 10.1. The zero-order valence-electron chi connectivity index (χ0n) is 16.9. The fourth-order valence-electron chi connectivity index (χ4n) is 3.75. The molecule has 6 nitrogen and oxygen atoms in total. The quantitative estimate of drug-likeness (QED) is 0.685. The lowest BCUT2D eigenvalue weighted by Crippen LogP contribution is -2.45. The van der Waals surface area contributed by atoms with Gasteiger partial charge in [0.25, 0.3) is 0 Å². The van der Waals surface area contributed by atoms with E-state index in [0.717, 1.165) is 29.5 Å². The van der Waals surface area contributed by atoms with Crippen LogP contribution in [-0.4, -0.2) is 51.5 Å². The SMILES string of the molecule is CCOCCCNC(=O)[C@@H]1CCCN(S(=O)(=O)c2c(C)cc(C)cc2C)C1. The Morgan fingerprint density at radius 2 is 1.93 bits per heavy atom. The molecule has 0 unspecified atom stereocenters. The fraction of sp³-hybridized carbons (Fsp3) is 0.650. The Morgan fingerprint density at radius 3 is 2.56 bits per heavy atom. The van der Waals surface area contributed by atoms with Crippen LogP contribution in [0.3, 0.4) is 0 Å². The number of hydrogen-bond donors (Lipinski definition) is 1. The van der Waals surface area contributed by atoms with Gasteiger partial charge in [0.1, 0.15) is 0 Å². The van der Waals surface area contributed by atoms with Gasteiger partial charge in [-0.2, -0.15) is 4.31 Å². The van der Waals surface area contributed by atoms with Gasteiger partial charge < -0.3 is 10.1 Å². The molecule has 0 aliphatic carbocycles. The van der Waals surface area contributed by atoms with Crippen LogP contribution in [0.4, 0.5) is 0 Å². The van der Waals surface area contributed by atoms with E-state index >= 15 is 0 Å². The Kier molecular flexibility index (Phi) is 7.82. The van der Waals surface area contributed by atoms with E-state index in [2.05, 4.69) is 5.32 Å². The van der Waals surface area contributed by atoms with Gasteiger partial charge in [0.05, 0.1) is 10.8 Å². The minimum Gasteiger partial charge on any atom is -0.382 e. The van der Waals surface area contributed by atoms with E-state index in [1.165, 1.54) is 4.31 Å². The van der Waals surface area contributed by atoms with Crippen molar-refractivity contribution in [3.8, 4) is 0 Å². The molecule has 1 saturated heterocycles. The molecular formula is C20H32N2O4S. The topological polar surface area (TPSA) is 75.7 Å². The molecule has 0 aromatic heterocycles. The first-order chi connectivity index (χ1) is 12.8. The van der Waals surface area contributed by atoms with Gasteiger partial charge >= 0.3 is 0 Å². The normalized spacial score (nSPS) is 18.4. The number of carbonyl (C=O) groups excluding carboxylic acids is 1. The van der Waals surface area contributed by atoms with E-state index in [9.17, 15) is 13.2 Å². The molecule has 1 aliphatic heterocycles. The molecule has 0 bridgehead atoms. The molecule has 1 aromatic carbocycles. The lowest BCUT2D eigenvalue weighted by Gasteiger charge is -2.32. The number of hydrogen-bond acceptors (Lipinski definition) is 4. The molecule has 1 amide bonds. The summed E-state index contributed by atoms with van der Waals surface area (Å²) in [5.41, 5.74) is 2.57. The summed E-state index contributed by atoms with van der Waals surface area (Å²) in [5, 5.41) is 2.91. The van der Waals surface area contributed by atoms with Crippen LogP contribution in [0, 0.1) is 26.7 Å². The molecule has 1 N–H and O–H groups in total. The number of nitrogens with one attached hydrogen (secondary N) is 1. The number of carbonyl (C=O) groups is 1. The number of nitrogens with zero attached hydrogens (tertiary/aromatic N) is 1. The number of piperidine rings is 1. The first-order valence-electron chi connectivity index (χ1n) is 9.70. The first-order valence-corrected chi connectivity index (χ1v) is 11.1. The third-order valence-electron chi connectivity index (χ3n) is 4.93. The summed E-state index contributed by atoms with van der Waals surface area (Å²) < 4.78 is 33.2. The van der Waals surface area contributed by atoms with Crippen LogP contribution in [0.1, 0.15) is 42.9 Å². The van der Waals surface area contributed by atoms with Gasteiger partial charge in [-0.05, 0) is 58.1 Å². The molecular weight excluding hydrogens is 364 g/mol. The predicted molar refractivity (Wildman–Crippen MR) is 106 cm³/mol. The highest BCUT2D eigenvalue weighted by molar-refractivity contribution is 7.89. The zero-order valence-corrected chi connectivity index (χ0v) is 17.7. The van der Waals surface area contributed by atoms with Crippen molar-refractivity contribution in [2.24, 2.45) is 5.92 Å². The summed E-state index contributed by atoms with van der Waals surface area (Å²) in [5.74, 6) is -0.365. The highest BCUT2D eigenvalue weighted by Crippen LogP contribution is 2.28. The lowest BCUT2D eigenvalue weighted by molar-refractivity contribution is -0.126. The highest BCUT2D eigenvalue weighted by atomic mass is 32.2. The van der Waals surface area contributed by atoms with E-state index < -0.39 is 10.0 Å². The van der Waals surface area contributed by atoms with Gasteiger partial charge in [0, 0.05) is 32.8 Å². The van der Waals surface area contributed by atoms with Crippen molar-refractivity contribution in [3.05, 3.63) is 28.8 Å². The zero-order chi connectivity index (χ0) is 20.0. The van der Waals surface area contributed by atoms with Gasteiger partial charge in [0.2, 0.25) is 15.9 Å². The minimum atomic E-state index is -3.61. The molecule has 1 atom stereocenters. The third kappa shape index (κ3) is 5.53. The van der Waals surface area contributed by atoms with E-state index in [1.807, 2.05) is 39.8 Å². The van der Waals surface area contributed by atoms with Crippen molar-refractivity contribution in [1.29, 1.82) is 0 Å². The Hall–Kier alpha value is -1.44. The summed E-state index contributed by atoms with van der Waals surface area (Å²) in [7, 11) is -3.61. The van der Waals surface area contributed by atoms with Gasteiger partial charge in [-0.25, -0.2) is 8.42 Å². The molecule has 1 heterocycles. The minimum absolute atomic E-state index is 0.0660. The predicted octanol–water partition coefficient (Wildman–Crippen LogP) is 2.56. The summed E-state index contributed by atoms with van der Waals surface area (Å²) in [6.07, 6.45) is 2.17. The van der Waals surface area contributed by atoms with E-state index in [0.29, 0.717) is 37.6 Å². The number of ether oxygens (including phenoxy) is 1. The maximum absolute atomic E-state index is 13.2. The Balaban J connectivity index is 2.06. The number of benzene rings is 1. The van der Waals surface area contributed by atoms with Crippen LogP contribution in [0.2, 0.25) is 0 Å². The van der Waals surface area contributed by atoms with Crippen LogP contribution < -0.4 is 5.32 Å². The second kappa shape index (κ2) is 9.66. The maximum Gasteiger partial charge on any atom is 0.243 e. The monoisotopic (exact) mass is 396 g/mol. The van der Waals surface area contributed by atoms with E-state index in [4.69, 9.17) is 4.74 Å². The van der Waals surface area contributed by atoms with Crippen LogP contribution in [-0.2, 0) is 19.6 Å². The van der Waals surface area contributed by atoms with Gasteiger partial charge in [-0.3, -0.25) is 4.79 Å². The Bertz CT molecular complexity index is 738. The largest absolute Gasteiger partial charge is 0.382 e. The van der Waals surface area contributed by atoms with Crippen molar-refractivity contribution in [3.63, 3.8) is 0 Å². The van der Waals surface area contributed by atoms with Crippen LogP contribution in [0.5, 0.6) is 0 Å². The fourth-order valence-corrected chi connectivity index (χ4v) is 5.69. The van der Waals surface area contributed by atoms with E-state index in [-0.39, 0.29) is 18.4 Å². The molecule has 7 heteroatoms. The van der Waals surface area contributed by atoms with E-state index in [1.54, 1.807) is 0 Å². The highest BCUT2D eigenvalue weighted by Gasteiger charge is 2.34. The van der Waals surface area contributed by atoms with Crippen LogP contribution in [0.25, 0.3) is 0 Å². The van der Waals surface area contributed by atoms with Gasteiger partial charge in [-0.15, -0.1) is 0 Å². The van der Waals surface area contributed by atoms with Crippen molar-refractivity contribution < 1.29 is 17.9 Å². The van der Waals surface area contributed by atoms with Crippen molar-refractivity contribution in [1.82, 2.24) is 9.62 Å². The number of aryl methyl sites for hydroxylation is 3. The molecule has 1 aliphatic rings. The molecule has 0 spiro atoms. The third-order valence-corrected chi connectivity index (χ3v) is 7.10. The Labute approximate surface area is 163 Å². The molecule has 0 saturated carbocycles. The van der Waals surface area contributed by atoms with Crippen LogP contribution >= 0.6 is 0 Å². The first kappa shape index (κ1) is 21.9. The van der Waals surface area contributed by atoms with Crippen LogP contribution in [0.15, 0.2) is 17.0 Å². The van der Waals surface area contributed by atoms with Gasteiger partial charge in [-0.1, -0.05) is 17.7 Å². The number of amides is 1. The molecule has 1 fully saturated rings. The second-order valence-corrected chi connectivity index (χ2v) is 9.15. The average molecular weight is 397 g/mol. The standard InChI is InChI=1S/C20H32N2O4S/c1-5-26-11-7-9-21-20(23)18-8-6-10-22(14-18)27(24,25)19-16(3)12-15(2)13-17(19)4/h12-13,18H,5-11,14H2,1-4H3,(H,21,23)/t18-/m1/s1. The number of sulfonamides is 1. The number of rotatable bonds is 8. The average Bonchev–Trinajstić information content (AvgIpc) is 2.60. The molecule has 0 radical (unpaired) electrons.